The van der Waals surface area contributed by atoms with Crippen molar-refractivity contribution in [1.82, 2.24) is 15.2 Å². The second-order valence-electron chi connectivity index (χ2n) is 8.01. The number of carbonyl (C=O) groups is 3. The topological polar surface area (TPSA) is 91.4 Å². The molecule has 1 aromatic heterocycles. The lowest BCUT2D eigenvalue weighted by molar-refractivity contribution is -0.137. The van der Waals surface area contributed by atoms with Crippen LogP contribution in [0.15, 0.2) is 53.1 Å². The third-order valence-corrected chi connectivity index (χ3v) is 5.88. The summed E-state index contributed by atoms with van der Waals surface area (Å²) >= 11 is 3.32. The molecule has 3 rings (SSSR count). The van der Waals surface area contributed by atoms with Crippen molar-refractivity contribution in [2.24, 2.45) is 11.8 Å². The molecule has 1 fully saturated rings. The van der Waals surface area contributed by atoms with Crippen LogP contribution in [0.5, 0.6) is 0 Å². The van der Waals surface area contributed by atoms with Crippen molar-refractivity contribution in [2.45, 2.75) is 32.7 Å². The Morgan fingerprint density at radius 2 is 1.74 bits per heavy atom. The highest BCUT2D eigenvalue weighted by Crippen LogP contribution is 2.21. The Kier molecular flexibility index (Phi) is 7.79. The van der Waals surface area contributed by atoms with Crippen LogP contribution in [0.2, 0.25) is 0 Å². The van der Waals surface area contributed by atoms with Crippen molar-refractivity contribution in [2.75, 3.05) is 18.4 Å². The molecule has 2 N–H and O–H groups in total. The van der Waals surface area contributed by atoms with Crippen LogP contribution in [0, 0.1) is 11.8 Å². The zero-order valence-electron chi connectivity index (χ0n) is 17.7. The number of nitrogens with zero attached hydrogens (tertiary/aromatic N) is 2. The van der Waals surface area contributed by atoms with Crippen molar-refractivity contribution < 1.29 is 14.4 Å². The molecule has 3 amide bonds. The first-order chi connectivity index (χ1) is 14.8. The molecule has 1 unspecified atom stereocenters. The van der Waals surface area contributed by atoms with Gasteiger partial charge in [-0.2, -0.15) is 0 Å². The smallest absolute Gasteiger partial charge is 0.251 e. The molecule has 1 aliphatic heterocycles. The minimum absolute atomic E-state index is 0.0512. The lowest BCUT2D eigenvalue weighted by atomic mass is 9.94. The van der Waals surface area contributed by atoms with Gasteiger partial charge in [-0.3, -0.25) is 14.4 Å². The third-order valence-electron chi connectivity index (χ3n) is 5.41. The van der Waals surface area contributed by atoms with Crippen molar-refractivity contribution in [1.29, 1.82) is 0 Å². The normalized spacial score (nSPS) is 15.4. The minimum Gasteiger partial charge on any atom is -0.341 e. The molecule has 2 heterocycles. The number of hydrogen-bond acceptors (Lipinski definition) is 4. The van der Waals surface area contributed by atoms with Gasteiger partial charge >= 0.3 is 0 Å². The zero-order valence-corrected chi connectivity index (χ0v) is 19.3. The predicted molar refractivity (Wildman–Crippen MR) is 122 cm³/mol. The Morgan fingerprint density at radius 3 is 2.32 bits per heavy atom. The molecule has 0 aliphatic carbocycles. The molecule has 1 aliphatic rings. The lowest BCUT2D eigenvalue weighted by Gasteiger charge is -2.35. The number of pyridine rings is 1. The van der Waals surface area contributed by atoms with Gasteiger partial charge in [0.15, 0.2) is 0 Å². The fourth-order valence-corrected chi connectivity index (χ4v) is 3.80. The average Bonchev–Trinajstić information content (AvgIpc) is 2.79. The third kappa shape index (κ3) is 6.13. The average molecular weight is 487 g/mol. The molecule has 1 saturated heterocycles. The number of rotatable bonds is 6. The van der Waals surface area contributed by atoms with Gasteiger partial charge in [0.25, 0.3) is 5.91 Å². The summed E-state index contributed by atoms with van der Waals surface area (Å²) in [5.74, 6) is -0.165. The molecular weight excluding hydrogens is 460 g/mol. The maximum atomic E-state index is 13.1. The van der Waals surface area contributed by atoms with Gasteiger partial charge in [-0.05, 0) is 59.0 Å². The van der Waals surface area contributed by atoms with Gasteiger partial charge in [0.1, 0.15) is 11.9 Å². The van der Waals surface area contributed by atoms with E-state index in [1.54, 1.807) is 41.4 Å². The van der Waals surface area contributed by atoms with E-state index in [2.05, 4.69) is 31.5 Å². The minimum atomic E-state index is -0.606. The molecule has 1 aromatic carbocycles. The van der Waals surface area contributed by atoms with Gasteiger partial charge in [0.2, 0.25) is 11.8 Å². The highest BCUT2D eigenvalue weighted by molar-refractivity contribution is 9.10. The number of carbonyl (C=O) groups excluding carboxylic acids is 3. The first-order valence-electron chi connectivity index (χ1n) is 10.4. The molecule has 0 bridgehead atoms. The second kappa shape index (κ2) is 10.5. The summed E-state index contributed by atoms with van der Waals surface area (Å²) in [5, 5.41) is 5.72. The maximum Gasteiger partial charge on any atom is 0.251 e. The maximum absolute atomic E-state index is 13.1. The Morgan fingerprint density at radius 1 is 1.06 bits per heavy atom. The van der Waals surface area contributed by atoms with E-state index in [1.165, 1.54) is 0 Å². The summed E-state index contributed by atoms with van der Waals surface area (Å²) in [7, 11) is 0. The van der Waals surface area contributed by atoms with Gasteiger partial charge in [-0.15, -0.1) is 0 Å². The van der Waals surface area contributed by atoms with Crippen molar-refractivity contribution in [3.8, 4) is 0 Å². The van der Waals surface area contributed by atoms with Crippen LogP contribution in [0.3, 0.4) is 0 Å². The molecule has 7 nitrogen and oxygen atoms in total. The van der Waals surface area contributed by atoms with Gasteiger partial charge < -0.3 is 15.5 Å². The van der Waals surface area contributed by atoms with Crippen LogP contribution in [0.1, 0.15) is 37.0 Å². The largest absolute Gasteiger partial charge is 0.341 e. The van der Waals surface area contributed by atoms with Gasteiger partial charge in [0.05, 0.1) is 0 Å². The van der Waals surface area contributed by atoms with Gasteiger partial charge in [0, 0.05) is 35.2 Å². The predicted octanol–water partition coefficient (Wildman–Crippen LogP) is 3.48. The van der Waals surface area contributed by atoms with Gasteiger partial charge in [-0.1, -0.05) is 32.0 Å². The SMILES string of the molecule is CC(C)C(NC(=O)c1ccccc1)C(=O)N1CCC(C(=O)Nc2ccc(Br)cn2)CC1. The molecule has 31 heavy (non-hydrogen) atoms. The molecule has 2 aromatic rings. The number of nitrogens with one attached hydrogen (secondary N) is 2. The van der Waals surface area contributed by atoms with E-state index >= 15 is 0 Å². The Labute approximate surface area is 190 Å². The second-order valence-corrected chi connectivity index (χ2v) is 8.93. The summed E-state index contributed by atoms with van der Waals surface area (Å²) < 4.78 is 0.844. The van der Waals surface area contributed by atoms with Crippen molar-refractivity contribution in [3.05, 3.63) is 58.7 Å². The van der Waals surface area contributed by atoms with Crippen LogP contribution in [0.4, 0.5) is 5.82 Å². The first-order valence-corrected chi connectivity index (χ1v) is 11.2. The highest BCUT2D eigenvalue weighted by atomic mass is 79.9. The van der Waals surface area contributed by atoms with Gasteiger partial charge in [-0.25, -0.2) is 4.98 Å². The van der Waals surface area contributed by atoms with E-state index < -0.39 is 6.04 Å². The van der Waals surface area contributed by atoms with E-state index in [4.69, 9.17) is 0 Å². The lowest BCUT2D eigenvalue weighted by Crippen LogP contribution is -2.53. The highest BCUT2D eigenvalue weighted by Gasteiger charge is 2.33. The van der Waals surface area contributed by atoms with Crippen molar-refractivity contribution >= 4 is 39.5 Å². The Hall–Kier alpha value is -2.74. The van der Waals surface area contributed by atoms with Crippen molar-refractivity contribution in [3.63, 3.8) is 0 Å². The molecule has 0 saturated carbocycles. The van der Waals surface area contributed by atoms with Crippen LogP contribution in [0.25, 0.3) is 0 Å². The summed E-state index contributed by atoms with van der Waals surface area (Å²) in [6, 6.07) is 11.8. The molecule has 0 spiro atoms. The number of amides is 3. The molecule has 164 valence electrons. The summed E-state index contributed by atoms with van der Waals surface area (Å²) in [5.41, 5.74) is 0.526. The Balaban J connectivity index is 1.55. The van der Waals surface area contributed by atoms with E-state index in [-0.39, 0.29) is 29.6 Å². The number of aromatic nitrogens is 1. The first kappa shape index (κ1) is 22.9. The molecule has 8 heteroatoms. The molecule has 0 radical (unpaired) electrons. The summed E-state index contributed by atoms with van der Waals surface area (Å²) in [6.07, 6.45) is 2.78. The quantitative estimate of drug-likeness (QED) is 0.653. The zero-order chi connectivity index (χ0) is 22.4. The summed E-state index contributed by atoms with van der Waals surface area (Å²) in [4.78, 5) is 44.1. The standard InChI is InChI=1S/C23H27BrN4O3/c1-15(2)20(27-22(30)16-6-4-3-5-7-16)23(31)28-12-10-17(11-13-28)21(29)26-19-9-8-18(24)14-25-19/h3-9,14-15,17,20H,10-13H2,1-2H3,(H,27,30)(H,25,26,29). The number of likely N-dealkylation sites (tertiary alicyclic amines) is 1. The van der Waals surface area contributed by atoms with E-state index in [0.29, 0.717) is 37.3 Å². The van der Waals surface area contributed by atoms with Crippen LogP contribution >= 0.6 is 15.9 Å². The fraction of sp³-hybridized carbons (Fsp3) is 0.391. The number of benzene rings is 1. The summed E-state index contributed by atoms with van der Waals surface area (Å²) in [6.45, 7) is 4.79. The number of hydrogen-bond donors (Lipinski definition) is 2. The molecular formula is C23H27BrN4O3. The van der Waals surface area contributed by atoms with E-state index in [1.807, 2.05) is 26.0 Å². The fourth-order valence-electron chi connectivity index (χ4n) is 3.56. The monoisotopic (exact) mass is 486 g/mol. The van der Waals surface area contributed by atoms with E-state index in [0.717, 1.165) is 4.47 Å². The van der Waals surface area contributed by atoms with Crippen LogP contribution < -0.4 is 10.6 Å². The van der Waals surface area contributed by atoms with E-state index in [9.17, 15) is 14.4 Å². The number of piperidine rings is 1. The van der Waals surface area contributed by atoms with Crippen LogP contribution in [-0.2, 0) is 9.59 Å². The molecule has 1 atom stereocenters. The Bertz CT molecular complexity index is 910. The number of anilines is 1. The number of halogens is 1. The van der Waals surface area contributed by atoms with Crippen LogP contribution in [-0.4, -0.2) is 46.7 Å².